The molecule has 16 heavy (non-hydrogen) atoms. The summed E-state index contributed by atoms with van der Waals surface area (Å²) in [5.74, 6) is -0.258. The Kier molecular flexibility index (Phi) is 5.57. The molecular formula is C13H19NO2. The van der Waals surface area contributed by atoms with E-state index in [1.807, 2.05) is 18.2 Å². The van der Waals surface area contributed by atoms with E-state index in [0.717, 1.165) is 6.42 Å². The van der Waals surface area contributed by atoms with Crippen molar-refractivity contribution in [2.75, 3.05) is 13.2 Å². The first-order valence-electron chi connectivity index (χ1n) is 5.69. The number of nitrogens with one attached hydrogen (secondary N) is 1. The molecule has 0 heterocycles. The molecule has 88 valence electrons. The molecule has 0 unspecified atom stereocenters. The van der Waals surface area contributed by atoms with Crippen LogP contribution < -0.4 is 5.32 Å². The van der Waals surface area contributed by atoms with Gasteiger partial charge in [0.2, 0.25) is 0 Å². The summed E-state index contributed by atoms with van der Waals surface area (Å²) in [7, 11) is 0. The van der Waals surface area contributed by atoms with Crippen molar-refractivity contribution in [1.82, 2.24) is 5.32 Å². The molecule has 0 saturated heterocycles. The zero-order valence-electron chi connectivity index (χ0n) is 9.90. The summed E-state index contributed by atoms with van der Waals surface area (Å²) in [6.45, 7) is 5.35. The molecule has 3 heteroatoms. The van der Waals surface area contributed by atoms with Crippen molar-refractivity contribution < 1.29 is 9.53 Å². The fourth-order valence-electron chi connectivity index (χ4n) is 1.25. The summed E-state index contributed by atoms with van der Waals surface area (Å²) in [6.07, 6.45) is 1.08. The highest BCUT2D eigenvalue weighted by Gasteiger charge is 2.05. The predicted molar refractivity (Wildman–Crippen MR) is 64.5 cm³/mol. The second-order valence-electron chi connectivity index (χ2n) is 3.77. The van der Waals surface area contributed by atoms with Gasteiger partial charge in [0.25, 0.3) is 0 Å². The molecule has 0 bridgehead atoms. The fraction of sp³-hybridized carbons (Fsp3) is 0.462. The van der Waals surface area contributed by atoms with Crippen molar-refractivity contribution in [1.29, 1.82) is 0 Å². The maximum atomic E-state index is 11.5. The van der Waals surface area contributed by atoms with Crippen LogP contribution in [0.1, 0.15) is 30.6 Å². The van der Waals surface area contributed by atoms with Crippen LogP contribution >= 0.6 is 0 Å². The van der Waals surface area contributed by atoms with E-state index in [4.69, 9.17) is 4.74 Å². The lowest BCUT2D eigenvalue weighted by atomic mass is 10.2. The maximum absolute atomic E-state index is 11.5. The minimum atomic E-state index is -0.258. The Morgan fingerprint density at radius 1 is 1.38 bits per heavy atom. The molecule has 1 atom stereocenters. The van der Waals surface area contributed by atoms with Crippen molar-refractivity contribution in [2.24, 2.45) is 0 Å². The smallest absolute Gasteiger partial charge is 0.338 e. The highest BCUT2D eigenvalue weighted by atomic mass is 16.5. The van der Waals surface area contributed by atoms with E-state index in [9.17, 15) is 4.79 Å². The first-order chi connectivity index (χ1) is 7.74. The van der Waals surface area contributed by atoms with Crippen LogP contribution in [-0.2, 0) is 4.74 Å². The van der Waals surface area contributed by atoms with Crippen LogP contribution in [0, 0.1) is 0 Å². The van der Waals surface area contributed by atoms with Gasteiger partial charge >= 0.3 is 5.97 Å². The first kappa shape index (κ1) is 12.7. The molecule has 0 amide bonds. The molecule has 0 aromatic heterocycles. The molecule has 3 nitrogen and oxygen atoms in total. The first-order valence-corrected chi connectivity index (χ1v) is 5.69. The van der Waals surface area contributed by atoms with Gasteiger partial charge in [-0.25, -0.2) is 4.79 Å². The SMILES string of the molecule is CC[C@H](C)NCCOC(=O)c1ccccc1. The fourth-order valence-corrected chi connectivity index (χ4v) is 1.25. The van der Waals surface area contributed by atoms with Gasteiger partial charge in [-0.2, -0.15) is 0 Å². The summed E-state index contributed by atoms with van der Waals surface area (Å²) in [6, 6.07) is 9.51. The summed E-state index contributed by atoms with van der Waals surface area (Å²) in [4.78, 5) is 11.5. The Morgan fingerprint density at radius 2 is 2.06 bits per heavy atom. The molecule has 0 saturated carbocycles. The van der Waals surface area contributed by atoms with Crippen LogP contribution in [0.25, 0.3) is 0 Å². The number of hydrogen-bond acceptors (Lipinski definition) is 3. The normalized spacial score (nSPS) is 12.1. The van der Waals surface area contributed by atoms with Crippen molar-refractivity contribution in [3.63, 3.8) is 0 Å². The Balaban J connectivity index is 2.21. The second kappa shape index (κ2) is 7.01. The van der Waals surface area contributed by atoms with Gasteiger partial charge in [0.15, 0.2) is 0 Å². The second-order valence-corrected chi connectivity index (χ2v) is 3.77. The van der Waals surface area contributed by atoms with Crippen LogP contribution in [0.4, 0.5) is 0 Å². The van der Waals surface area contributed by atoms with Gasteiger partial charge in [0, 0.05) is 12.6 Å². The molecule has 1 rings (SSSR count). The van der Waals surface area contributed by atoms with Gasteiger partial charge in [-0.3, -0.25) is 0 Å². The molecule has 0 fully saturated rings. The highest BCUT2D eigenvalue weighted by molar-refractivity contribution is 5.89. The Hall–Kier alpha value is -1.35. The molecule has 1 N–H and O–H groups in total. The van der Waals surface area contributed by atoms with Crippen LogP contribution in [0.15, 0.2) is 30.3 Å². The van der Waals surface area contributed by atoms with Crippen LogP contribution in [0.2, 0.25) is 0 Å². The number of rotatable bonds is 6. The quantitative estimate of drug-likeness (QED) is 0.591. The summed E-state index contributed by atoms with van der Waals surface area (Å²) in [5, 5.41) is 3.26. The zero-order valence-corrected chi connectivity index (χ0v) is 9.90. The molecule has 0 aliphatic rings. The average Bonchev–Trinajstić information content (AvgIpc) is 2.35. The summed E-state index contributed by atoms with van der Waals surface area (Å²) in [5.41, 5.74) is 0.603. The Labute approximate surface area is 96.8 Å². The Morgan fingerprint density at radius 3 is 2.69 bits per heavy atom. The number of carbonyl (C=O) groups excluding carboxylic acids is 1. The third-order valence-corrected chi connectivity index (χ3v) is 2.45. The number of esters is 1. The van der Waals surface area contributed by atoms with E-state index >= 15 is 0 Å². The number of hydrogen-bond donors (Lipinski definition) is 1. The molecule has 1 aromatic rings. The topological polar surface area (TPSA) is 38.3 Å². The van der Waals surface area contributed by atoms with E-state index in [1.54, 1.807) is 12.1 Å². The van der Waals surface area contributed by atoms with E-state index in [-0.39, 0.29) is 5.97 Å². The van der Waals surface area contributed by atoms with Gasteiger partial charge in [-0.1, -0.05) is 25.1 Å². The van der Waals surface area contributed by atoms with Crippen molar-refractivity contribution in [3.8, 4) is 0 Å². The molecular weight excluding hydrogens is 202 g/mol. The largest absolute Gasteiger partial charge is 0.461 e. The van der Waals surface area contributed by atoms with Crippen molar-refractivity contribution >= 4 is 5.97 Å². The van der Waals surface area contributed by atoms with Crippen LogP contribution in [-0.4, -0.2) is 25.2 Å². The molecule has 1 aromatic carbocycles. The molecule has 0 radical (unpaired) electrons. The number of ether oxygens (including phenoxy) is 1. The lowest BCUT2D eigenvalue weighted by molar-refractivity contribution is 0.0506. The minimum absolute atomic E-state index is 0.258. The lowest BCUT2D eigenvalue weighted by Crippen LogP contribution is -2.29. The zero-order chi connectivity index (χ0) is 11.8. The van der Waals surface area contributed by atoms with Gasteiger partial charge in [-0.15, -0.1) is 0 Å². The summed E-state index contributed by atoms with van der Waals surface area (Å²) >= 11 is 0. The van der Waals surface area contributed by atoms with Crippen LogP contribution in [0.5, 0.6) is 0 Å². The van der Waals surface area contributed by atoms with E-state index in [0.29, 0.717) is 24.8 Å². The van der Waals surface area contributed by atoms with E-state index in [1.165, 1.54) is 0 Å². The average molecular weight is 221 g/mol. The number of carbonyl (C=O) groups is 1. The highest BCUT2D eigenvalue weighted by Crippen LogP contribution is 2.00. The molecule has 0 spiro atoms. The molecule has 0 aliphatic carbocycles. The third kappa shape index (κ3) is 4.45. The van der Waals surface area contributed by atoms with Gasteiger partial charge < -0.3 is 10.1 Å². The molecule has 0 aliphatic heterocycles. The Bertz CT molecular complexity index is 311. The lowest BCUT2D eigenvalue weighted by Gasteiger charge is -2.11. The maximum Gasteiger partial charge on any atom is 0.338 e. The van der Waals surface area contributed by atoms with Gasteiger partial charge in [-0.05, 0) is 25.5 Å². The number of benzene rings is 1. The van der Waals surface area contributed by atoms with E-state index in [2.05, 4.69) is 19.2 Å². The predicted octanol–water partition coefficient (Wildman–Crippen LogP) is 2.23. The van der Waals surface area contributed by atoms with Crippen molar-refractivity contribution in [2.45, 2.75) is 26.3 Å². The third-order valence-electron chi connectivity index (χ3n) is 2.45. The van der Waals surface area contributed by atoms with E-state index < -0.39 is 0 Å². The van der Waals surface area contributed by atoms with Gasteiger partial charge in [0.1, 0.15) is 6.61 Å². The monoisotopic (exact) mass is 221 g/mol. The minimum Gasteiger partial charge on any atom is -0.461 e. The van der Waals surface area contributed by atoms with Gasteiger partial charge in [0.05, 0.1) is 5.56 Å². The summed E-state index contributed by atoms with van der Waals surface area (Å²) < 4.78 is 5.12. The standard InChI is InChI=1S/C13H19NO2/c1-3-11(2)14-9-10-16-13(15)12-7-5-4-6-8-12/h4-8,11,14H,3,9-10H2,1-2H3/t11-/m0/s1. The van der Waals surface area contributed by atoms with Crippen molar-refractivity contribution in [3.05, 3.63) is 35.9 Å². The van der Waals surface area contributed by atoms with Crippen LogP contribution in [0.3, 0.4) is 0 Å².